The topological polar surface area (TPSA) is 84.9 Å². The second kappa shape index (κ2) is 11.1. The predicted molar refractivity (Wildman–Crippen MR) is 144 cm³/mol. The molecule has 0 radical (unpaired) electrons. The van der Waals surface area contributed by atoms with Crippen molar-refractivity contribution in [2.45, 2.75) is 42.1 Å². The minimum Gasteiger partial charge on any atom is -0.508 e. The number of nitrogens with one attached hydrogen (secondary N) is 1. The van der Waals surface area contributed by atoms with E-state index in [2.05, 4.69) is 5.32 Å². The first kappa shape index (κ1) is 27.3. The summed E-state index contributed by atoms with van der Waals surface area (Å²) < 4.78 is 75.3. The summed E-state index contributed by atoms with van der Waals surface area (Å²) in [6.45, 7) is 1.65. The number of sulfone groups is 1. The Labute approximate surface area is 227 Å². The van der Waals surface area contributed by atoms with Crippen LogP contribution in [0.1, 0.15) is 25.7 Å². The van der Waals surface area contributed by atoms with Crippen LogP contribution in [0, 0.1) is 0 Å². The van der Waals surface area contributed by atoms with Gasteiger partial charge in [0.15, 0.2) is 5.75 Å². The van der Waals surface area contributed by atoms with E-state index in [1.807, 2.05) is 0 Å². The average Bonchev–Trinajstić information content (AvgIpc) is 3.27. The zero-order valence-corrected chi connectivity index (χ0v) is 22.3. The Bertz CT molecular complexity index is 1540. The average molecular weight is 578 g/mol. The van der Waals surface area contributed by atoms with Crippen LogP contribution in [0.5, 0.6) is 23.0 Å². The molecule has 1 fully saturated rings. The zero-order valence-electron chi connectivity index (χ0n) is 20.7. The van der Waals surface area contributed by atoms with Crippen LogP contribution in [0.4, 0.5) is 13.2 Å². The number of phenolic OH excluding ortho intramolecular Hbond substituents is 1. The van der Waals surface area contributed by atoms with Crippen molar-refractivity contribution in [3.63, 3.8) is 0 Å². The summed E-state index contributed by atoms with van der Waals surface area (Å²) in [5.74, 6) is 1.72. The van der Waals surface area contributed by atoms with Crippen LogP contribution in [0.25, 0.3) is 20.5 Å². The van der Waals surface area contributed by atoms with Crippen LogP contribution in [0.3, 0.4) is 0 Å². The molecular formula is C28H26F3NO5S2. The first-order valence-electron chi connectivity index (χ1n) is 12.4. The van der Waals surface area contributed by atoms with Gasteiger partial charge >= 0.3 is 5.51 Å². The fraction of sp³-hybridized carbons (Fsp3) is 0.286. The Kier molecular flexibility index (Phi) is 7.75. The zero-order chi connectivity index (χ0) is 27.6. The number of fused-ring (bicyclic) bond motifs is 1. The van der Waals surface area contributed by atoms with Crippen LogP contribution >= 0.6 is 11.3 Å². The van der Waals surface area contributed by atoms with Gasteiger partial charge in [-0.3, -0.25) is 0 Å². The molecule has 1 atom stereocenters. The molecule has 206 valence electrons. The molecule has 4 aromatic rings. The Balaban J connectivity index is 1.37. The van der Waals surface area contributed by atoms with E-state index < -0.39 is 20.2 Å². The molecule has 1 aliphatic heterocycles. The van der Waals surface area contributed by atoms with Gasteiger partial charge in [-0.1, -0.05) is 18.6 Å². The van der Waals surface area contributed by atoms with Gasteiger partial charge in [0, 0.05) is 16.1 Å². The van der Waals surface area contributed by atoms with Crippen molar-refractivity contribution in [2.24, 2.45) is 0 Å². The van der Waals surface area contributed by atoms with Gasteiger partial charge in [-0.05, 0) is 86.0 Å². The van der Waals surface area contributed by atoms with Gasteiger partial charge in [0.2, 0.25) is 0 Å². The molecule has 1 aliphatic rings. The fourth-order valence-electron chi connectivity index (χ4n) is 4.48. The first-order valence-corrected chi connectivity index (χ1v) is 14.7. The molecule has 1 unspecified atom stereocenters. The minimum absolute atomic E-state index is 0.0541. The number of aromatic hydroxyl groups is 1. The van der Waals surface area contributed by atoms with Gasteiger partial charge < -0.3 is 19.9 Å². The molecule has 5 rings (SSSR count). The summed E-state index contributed by atoms with van der Waals surface area (Å²) in [5, 5.41) is 14.1. The predicted octanol–water partition coefficient (Wildman–Crippen LogP) is 7.27. The number of alkyl halides is 3. The number of hydrogen-bond acceptors (Lipinski definition) is 7. The van der Waals surface area contributed by atoms with Crippen molar-refractivity contribution >= 4 is 31.3 Å². The van der Waals surface area contributed by atoms with E-state index in [4.69, 9.17) is 9.47 Å². The Morgan fingerprint density at radius 1 is 0.974 bits per heavy atom. The highest BCUT2D eigenvalue weighted by Gasteiger charge is 2.46. The van der Waals surface area contributed by atoms with Crippen LogP contribution in [0.15, 0.2) is 71.6 Å². The highest BCUT2D eigenvalue weighted by Crippen LogP contribution is 2.47. The van der Waals surface area contributed by atoms with Crippen molar-refractivity contribution < 1.29 is 36.2 Å². The molecular weight excluding hydrogens is 551 g/mol. The third-order valence-electron chi connectivity index (χ3n) is 6.55. The first-order chi connectivity index (χ1) is 18.6. The summed E-state index contributed by atoms with van der Waals surface area (Å²) in [6, 6.07) is 16.9. The molecule has 11 heteroatoms. The maximum Gasteiger partial charge on any atom is 0.501 e. The molecule has 0 spiro atoms. The van der Waals surface area contributed by atoms with Gasteiger partial charge in [0.05, 0.1) is 16.4 Å². The summed E-state index contributed by atoms with van der Waals surface area (Å²) in [5.41, 5.74) is -4.91. The number of hydrogen-bond donors (Lipinski definition) is 2. The Morgan fingerprint density at radius 3 is 2.36 bits per heavy atom. The second-order valence-corrected chi connectivity index (χ2v) is 12.3. The van der Waals surface area contributed by atoms with E-state index in [0.717, 1.165) is 31.5 Å². The summed E-state index contributed by atoms with van der Waals surface area (Å²) in [4.78, 5) is -0.262. The van der Waals surface area contributed by atoms with Crippen LogP contribution < -0.4 is 14.8 Å². The number of thiophene rings is 1. The van der Waals surface area contributed by atoms with E-state index in [9.17, 15) is 26.7 Å². The molecule has 1 aromatic heterocycles. The van der Waals surface area contributed by atoms with Crippen molar-refractivity contribution in [1.82, 2.24) is 5.32 Å². The van der Waals surface area contributed by atoms with E-state index in [1.54, 1.807) is 36.4 Å². The molecule has 3 aromatic carbocycles. The molecule has 2 heterocycles. The lowest BCUT2D eigenvalue weighted by molar-refractivity contribution is -0.0436. The molecule has 0 aliphatic carbocycles. The standard InChI is InChI=1S/C28H26F3NO5S2/c29-28(30,31)39(34,35)23-11-4-18(5-12-23)27-26(24-13-6-20(33)17-25(24)38-27)37-22-9-7-21(8-10-22)36-16-14-19-3-1-2-15-32-19/h4-13,17,19,32-33H,1-3,14-16H2. The molecule has 2 N–H and O–H groups in total. The highest BCUT2D eigenvalue weighted by molar-refractivity contribution is 7.92. The van der Waals surface area contributed by atoms with E-state index >= 15 is 0 Å². The number of phenols is 1. The van der Waals surface area contributed by atoms with Crippen molar-refractivity contribution in [3.8, 4) is 33.4 Å². The summed E-state index contributed by atoms with van der Waals surface area (Å²) >= 11 is 1.27. The van der Waals surface area contributed by atoms with Crippen molar-refractivity contribution in [1.29, 1.82) is 0 Å². The highest BCUT2D eigenvalue weighted by atomic mass is 32.2. The lowest BCUT2D eigenvalue weighted by atomic mass is 10.0. The fourth-order valence-corrected chi connectivity index (χ4v) is 6.41. The largest absolute Gasteiger partial charge is 0.508 e. The van der Waals surface area contributed by atoms with Crippen LogP contribution in [0.2, 0.25) is 0 Å². The maximum atomic E-state index is 13.0. The molecule has 1 saturated heterocycles. The van der Waals surface area contributed by atoms with Crippen molar-refractivity contribution in [2.75, 3.05) is 13.2 Å². The third-order valence-corrected chi connectivity index (χ3v) is 9.24. The molecule has 0 bridgehead atoms. The van der Waals surface area contributed by atoms with Gasteiger partial charge in [-0.15, -0.1) is 11.3 Å². The van der Waals surface area contributed by atoms with E-state index in [-0.39, 0.29) is 5.75 Å². The summed E-state index contributed by atoms with van der Waals surface area (Å²) in [6.07, 6.45) is 4.54. The second-order valence-electron chi connectivity index (χ2n) is 9.27. The molecule has 0 amide bonds. The SMILES string of the molecule is O=S(=O)(c1ccc(-c2sc3cc(O)ccc3c2Oc2ccc(OCCC3CCCCN3)cc2)cc1)C(F)(F)F. The number of halogens is 3. The third kappa shape index (κ3) is 6.00. The number of benzene rings is 3. The quantitative estimate of drug-likeness (QED) is 0.229. The smallest absolute Gasteiger partial charge is 0.501 e. The van der Waals surface area contributed by atoms with Crippen molar-refractivity contribution in [3.05, 3.63) is 66.7 Å². The van der Waals surface area contributed by atoms with E-state index in [1.165, 1.54) is 42.4 Å². The lowest BCUT2D eigenvalue weighted by Crippen LogP contribution is -2.35. The van der Waals surface area contributed by atoms with Gasteiger partial charge in [-0.25, -0.2) is 8.42 Å². The van der Waals surface area contributed by atoms with Crippen LogP contribution in [-0.4, -0.2) is 38.2 Å². The minimum atomic E-state index is -5.46. The normalized spacial score (nSPS) is 16.3. The maximum absolute atomic E-state index is 13.0. The Hall–Kier alpha value is -3.28. The van der Waals surface area contributed by atoms with Crippen LogP contribution in [-0.2, 0) is 9.84 Å². The van der Waals surface area contributed by atoms with Gasteiger partial charge in [0.25, 0.3) is 9.84 Å². The Morgan fingerprint density at radius 2 is 1.69 bits per heavy atom. The number of rotatable bonds is 8. The lowest BCUT2D eigenvalue weighted by Gasteiger charge is -2.23. The monoisotopic (exact) mass is 577 g/mol. The summed E-state index contributed by atoms with van der Waals surface area (Å²) in [7, 11) is -5.46. The molecule has 0 saturated carbocycles. The van der Waals surface area contributed by atoms with E-state index in [0.29, 0.717) is 50.4 Å². The van der Waals surface area contributed by atoms with Gasteiger partial charge in [0.1, 0.15) is 17.2 Å². The number of ether oxygens (including phenoxy) is 2. The molecule has 6 nitrogen and oxygen atoms in total. The molecule has 39 heavy (non-hydrogen) atoms. The van der Waals surface area contributed by atoms with Gasteiger partial charge in [-0.2, -0.15) is 13.2 Å². The number of piperidine rings is 1.